The third kappa shape index (κ3) is 5.59. The van der Waals surface area contributed by atoms with E-state index in [4.69, 9.17) is 4.98 Å². The smallest absolute Gasteiger partial charge is 0.179 e. The molecule has 1 saturated heterocycles. The average molecular weight is 856 g/mol. The first-order valence-corrected chi connectivity index (χ1v) is 17.9. The Morgan fingerprint density at radius 1 is 0.706 bits per heavy atom. The predicted octanol–water partition coefficient (Wildman–Crippen LogP) is 11.1. The molecule has 6 aromatic rings. The minimum absolute atomic E-state index is 0. The van der Waals surface area contributed by atoms with Crippen LogP contribution < -0.4 is 13.9 Å². The summed E-state index contributed by atoms with van der Waals surface area (Å²) in [5.41, 5.74) is 12.1. The van der Waals surface area contributed by atoms with Gasteiger partial charge in [-0.1, -0.05) is 110 Å². The Bertz CT molecular complexity index is 2320. The van der Waals surface area contributed by atoms with Crippen molar-refractivity contribution in [1.29, 1.82) is 0 Å². The largest absolute Gasteiger partial charge is 0.391 e. The first kappa shape index (κ1) is 35.6. The molecule has 0 N–H and O–H groups in total. The molecule has 0 saturated carbocycles. The first-order chi connectivity index (χ1) is 23.4. The van der Waals surface area contributed by atoms with Crippen LogP contribution in [0.15, 0.2) is 85.1 Å². The minimum Gasteiger partial charge on any atom is -0.391 e. The zero-order valence-corrected chi connectivity index (χ0v) is 34.2. The summed E-state index contributed by atoms with van der Waals surface area (Å²) in [6.07, 6.45) is 1.94. The minimum atomic E-state index is -0.0412. The van der Waals surface area contributed by atoms with E-state index in [1.807, 2.05) is 6.20 Å². The quantitative estimate of drug-likeness (QED) is 0.130. The average Bonchev–Trinajstić information content (AvgIpc) is 3.61. The SMILES string of the molecule is CN(c1[c-]c2c(cc1)c1ccccc1n2-c1cc(C(C)(C)C)ccn1)c1[c-]c([N@@+]23[CH-][N@@+](C)(C2)c2ccc(C(C)(C)C)cc23)cc(C(C)(C)C)c1.[Pt]. The Morgan fingerprint density at radius 2 is 1.37 bits per heavy atom. The van der Waals surface area contributed by atoms with Crippen LogP contribution in [0.5, 0.6) is 0 Å². The van der Waals surface area contributed by atoms with Crippen LogP contribution in [0.4, 0.5) is 28.4 Å². The number of rotatable bonds is 4. The molecule has 3 aliphatic heterocycles. The fourth-order valence-electron chi connectivity index (χ4n) is 7.98. The van der Waals surface area contributed by atoms with Gasteiger partial charge in [0.15, 0.2) is 18.0 Å². The van der Waals surface area contributed by atoms with E-state index in [2.05, 4.69) is 184 Å². The van der Waals surface area contributed by atoms with Crippen molar-refractivity contribution >= 4 is 50.2 Å². The van der Waals surface area contributed by atoms with E-state index < -0.39 is 0 Å². The molecule has 2 atom stereocenters. The van der Waals surface area contributed by atoms with E-state index in [0.29, 0.717) is 4.48 Å². The molecule has 2 aromatic heterocycles. The van der Waals surface area contributed by atoms with Gasteiger partial charge in [0.25, 0.3) is 0 Å². The van der Waals surface area contributed by atoms with Crippen molar-refractivity contribution in [2.45, 2.75) is 78.6 Å². The van der Waals surface area contributed by atoms with Gasteiger partial charge in [-0.25, -0.2) is 4.98 Å². The molecule has 2 bridgehead atoms. The van der Waals surface area contributed by atoms with Crippen molar-refractivity contribution in [3.05, 3.63) is 121 Å². The molecule has 51 heavy (non-hydrogen) atoms. The van der Waals surface area contributed by atoms with Crippen LogP contribution in [0.3, 0.4) is 0 Å². The summed E-state index contributed by atoms with van der Waals surface area (Å²) in [7, 11) is 4.48. The maximum Gasteiger partial charge on any atom is 0.179 e. The summed E-state index contributed by atoms with van der Waals surface area (Å²) in [6.45, 7) is 24.0. The number of anilines is 2. The number of nitrogens with zero attached hydrogens (tertiary/aromatic N) is 5. The normalized spacial score (nSPS) is 19.9. The van der Waals surface area contributed by atoms with Crippen molar-refractivity contribution in [3.8, 4) is 5.82 Å². The van der Waals surface area contributed by atoms with Crippen molar-refractivity contribution in [2.75, 3.05) is 25.7 Å². The van der Waals surface area contributed by atoms with E-state index in [-0.39, 0.29) is 37.3 Å². The molecule has 0 amide bonds. The Labute approximate surface area is 319 Å². The molecule has 0 aliphatic carbocycles. The fourth-order valence-corrected chi connectivity index (χ4v) is 7.98. The molecular weight excluding hydrogens is 806 g/mol. The molecule has 3 aliphatic rings. The van der Waals surface area contributed by atoms with Crippen LogP contribution in [0.2, 0.25) is 0 Å². The van der Waals surface area contributed by atoms with Gasteiger partial charge >= 0.3 is 0 Å². The molecule has 0 unspecified atom stereocenters. The van der Waals surface area contributed by atoms with Crippen molar-refractivity contribution < 1.29 is 21.1 Å². The van der Waals surface area contributed by atoms with Crippen molar-refractivity contribution in [2.24, 2.45) is 0 Å². The zero-order chi connectivity index (χ0) is 35.6. The maximum absolute atomic E-state index is 4.90. The third-order valence-electron chi connectivity index (χ3n) is 11.1. The Kier molecular flexibility index (Phi) is 8.12. The number of hydrogen-bond donors (Lipinski definition) is 0. The van der Waals surface area contributed by atoms with Crippen LogP contribution in [0.1, 0.15) is 79.0 Å². The summed E-state index contributed by atoms with van der Waals surface area (Å²) in [5, 5.41) is 2.37. The molecule has 5 heterocycles. The number of aromatic nitrogens is 2. The number of benzene rings is 4. The molecule has 1 fully saturated rings. The van der Waals surface area contributed by atoms with Gasteiger partial charge < -0.3 is 18.4 Å². The number of fused-ring (bicyclic) bond motifs is 3. The zero-order valence-electron chi connectivity index (χ0n) is 31.9. The van der Waals surface area contributed by atoms with Gasteiger partial charge in [-0.2, -0.15) is 6.07 Å². The van der Waals surface area contributed by atoms with Crippen LogP contribution in [-0.4, -0.2) is 30.3 Å². The standard InChI is InChI=1S/C45H50N5.Pt/c1-43(2,3)30-16-19-40-41(24-30)50(28-49(40,11)29-50)35-23-32(45(7,8)9)22-34(26-35)47(10)33-17-18-37-36-14-12-13-15-38(36)48(39(37)27-33)42-25-31(20-21-46-42)44(4,5)6;/h12-25,28H,29H2,1-11H3;/q-1;/t49-,50+;/m0./s1. The summed E-state index contributed by atoms with van der Waals surface area (Å²) in [6, 6.07) is 37.1. The summed E-state index contributed by atoms with van der Waals surface area (Å²) in [5.74, 6) is 0.913. The van der Waals surface area contributed by atoms with Crippen LogP contribution >= 0.6 is 0 Å². The van der Waals surface area contributed by atoms with Crippen LogP contribution in [-0.2, 0) is 37.3 Å². The maximum atomic E-state index is 4.90. The Morgan fingerprint density at radius 3 is 2.06 bits per heavy atom. The molecule has 9 rings (SSSR count). The fraction of sp³-hybridized carbons (Fsp3) is 0.333. The van der Waals surface area contributed by atoms with E-state index in [0.717, 1.165) is 39.4 Å². The van der Waals surface area contributed by atoms with Gasteiger partial charge in [0.2, 0.25) is 0 Å². The van der Waals surface area contributed by atoms with Crippen LogP contribution in [0.25, 0.3) is 27.6 Å². The monoisotopic (exact) mass is 855 g/mol. The van der Waals surface area contributed by atoms with Gasteiger partial charge in [0.05, 0.1) is 13.7 Å². The van der Waals surface area contributed by atoms with Crippen LogP contribution in [0, 0.1) is 18.8 Å². The molecule has 6 heteroatoms. The van der Waals surface area contributed by atoms with Gasteiger partial charge in [-0.15, -0.1) is 35.2 Å². The second kappa shape index (κ2) is 11.6. The second-order valence-electron chi connectivity index (χ2n) is 17.9. The van der Waals surface area contributed by atoms with Crippen molar-refractivity contribution in [1.82, 2.24) is 18.5 Å². The number of hydrogen-bond acceptors (Lipinski definition) is 2. The predicted molar refractivity (Wildman–Crippen MR) is 212 cm³/mol. The third-order valence-corrected chi connectivity index (χ3v) is 11.1. The van der Waals surface area contributed by atoms with Gasteiger partial charge in [-0.3, -0.25) is 0 Å². The second-order valence-corrected chi connectivity index (χ2v) is 17.9. The first-order valence-electron chi connectivity index (χ1n) is 17.9. The molecule has 5 nitrogen and oxygen atoms in total. The number of pyridine rings is 1. The topological polar surface area (TPSA) is 21.1 Å². The molecule has 4 aromatic carbocycles. The summed E-state index contributed by atoms with van der Waals surface area (Å²) in [4.78, 5) is 7.15. The Hall–Kier alpha value is -3.76. The molecule has 266 valence electrons. The molecule has 0 spiro atoms. The van der Waals surface area contributed by atoms with Gasteiger partial charge in [0, 0.05) is 57.6 Å². The van der Waals surface area contributed by atoms with Gasteiger partial charge in [0.1, 0.15) is 5.82 Å². The van der Waals surface area contributed by atoms with E-state index >= 15 is 0 Å². The number of para-hydroxylation sites is 1. The number of quaternary nitrogens is 2. The summed E-state index contributed by atoms with van der Waals surface area (Å²) >= 11 is 0. The van der Waals surface area contributed by atoms with Crippen molar-refractivity contribution in [3.63, 3.8) is 0 Å². The summed E-state index contributed by atoms with van der Waals surface area (Å²) < 4.78 is 3.84. The van der Waals surface area contributed by atoms with E-state index in [1.165, 1.54) is 44.5 Å². The molecule has 0 radical (unpaired) electrons. The van der Waals surface area contributed by atoms with E-state index in [9.17, 15) is 0 Å². The van der Waals surface area contributed by atoms with Gasteiger partial charge in [-0.05, 0) is 51.0 Å². The van der Waals surface area contributed by atoms with E-state index in [1.54, 1.807) is 0 Å². The Balaban J connectivity index is 0.00000406. The molecular formula is C45H50N5Pt-.